The van der Waals surface area contributed by atoms with Crippen molar-refractivity contribution in [1.82, 2.24) is 4.90 Å². The van der Waals surface area contributed by atoms with Crippen molar-refractivity contribution in [2.24, 2.45) is 0 Å². The Hall–Kier alpha value is 0.130. The van der Waals surface area contributed by atoms with Crippen LogP contribution in [0.5, 0.6) is 0 Å². The lowest BCUT2D eigenvalue weighted by atomic mass is 10.2. The molecule has 72 valence electrons. The number of ether oxygens (including phenoxy) is 1. The van der Waals surface area contributed by atoms with Crippen molar-refractivity contribution in [2.75, 3.05) is 18.9 Å². The zero-order chi connectivity index (χ0) is 9.56. The van der Waals surface area contributed by atoms with Gasteiger partial charge < -0.3 is 4.74 Å². The lowest BCUT2D eigenvalue weighted by Gasteiger charge is -2.24. The predicted molar refractivity (Wildman–Crippen MR) is 55.6 cm³/mol. The van der Waals surface area contributed by atoms with Crippen LogP contribution in [-0.2, 0) is 9.53 Å². The van der Waals surface area contributed by atoms with Crippen molar-refractivity contribution in [3.63, 3.8) is 0 Å². The Bertz CT molecular complexity index is 139. The summed E-state index contributed by atoms with van der Waals surface area (Å²) in [5.74, 6) is 0.800. The minimum Gasteiger partial charge on any atom is -0.468 e. The SMILES string of the molecule is CCC(C(=O)OC)N(CS)CS. The number of thiol groups is 2. The third-order valence-electron chi connectivity index (χ3n) is 1.66. The molecule has 3 nitrogen and oxygen atoms in total. The first kappa shape index (κ1) is 12.1. The van der Waals surface area contributed by atoms with Crippen LogP contribution in [0.2, 0.25) is 0 Å². The van der Waals surface area contributed by atoms with Crippen LogP contribution in [-0.4, -0.2) is 35.8 Å². The van der Waals surface area contributed by atoms with Crippen molar-refractivity contribution in [2.45, 2.75) is 19.4 Å². The predicted octanol–water partition coefficient (Wildman–Crippen LogP) is 1.01. The molecule has 0 aliphatic rings. The Morgan fingerprint density at radius 2 is 2.00 bits per heavy atom. The number of nitrogens with zero attached hydrogens (tertiary/aromatic N) is 1. The van der Waals surface area contributed by atoms with E-state index in [1.54, 1.807) is 0 Å². The summed E-state index contributed by atoms with van der Waals surface area (Å²) in [6.07, 6.45) is 0.716. The molecule has 5 heteroatoms. The number of carbonyl (C=O) groups excluding carboxylic acids is 1. The van der Waals surface area contributed by atoms with Gasteiger partial charge in [0.1, 0.15) is 6.04 Å². The molecule has 0 radical (unpaired) electrons. The van der Waals surface area contributed by atoms with E-state index in [9.17, 15) is 4.79 Å². The third kappa shape index (κ3) is 3.25. The van der Waals surface area contributed by atoms with E-state index < -0.39 is 0 Å². The van der Waals surface area contributed by atoms with Gasteiger partial charge in [-0.15, -0.1) is 0 Å². The van der Waals surface area contributed by atoms with Gasteiger partial charge in [-0.1, -0.05) is 6.92 Å². The molecule has 0 aromatic rings. The molecule has 0 N–H and O–H groups in total. The van der Waals surface area contributed by atoms with Gasteiger partial charge in [-0.3, -0.25) is 9.69 Å². The first-order valence-corrected chi connectivity index (χ1v) is 5.01. The van der Waals surface area contributed by atoms with Crippen molar-refractivity contribution in [3.8, 4) is 0 Å². The van der Waals surface area contributed by atoms with E-state index >= 15 is 0 Å². The molecule has 0 aliphatic carbocycles. The average Bonchev–Trinajstić information content (AvgIpc) is 2.12. The molecule has 0 rings (SSSR count). The first-order valence-electron chi connectivity index (χ1n) is 3.74. The lowest BCUT2D eigenvalue weighted by molar-refractivity contribution is -0.146. The normalized spacial score (nSPS) is 13.1. The molecule has 0 aliphatic heterocycles. The van der Waals surface area contributed by atoms with E-state index in [0.29, 0.717) is 18.2 Å². The Kier molecular flexibility index (Phi) is 6.70. The van der Waals surface area contributed by atoms with E-state index in [1.165, 1.54) is 7.11 Å². The summed E-state index contributed by atoms with van der Waals surface area (Å²) in [6.45, 7) is 1.93. The highest BCUT2D eigenvalue weighted by atomic mass is 32.1. The van der Waals surface area contributed by atoms with Crippen LogP contribution in [0.3, 0.4) is 0 Å². The standard InChI is InChI=1S/C7H15NO2S2/c1-3-6(7(9)10-2)8(4-11)5-12/h6,11-12H,3-5H2,1-2H3. The third-order valence-corrected chi connectivity index (χ3v) is 2.39. The molecule has 0 saturated heterocycles. The minimum absolute atomic E-state index is 0.218. The Labute approximate surface area is 84.3 Å². The van der Waals surface area contributed by atoms with Crippen LogP contribution in [0.25, 0.3) is 0 Å². The molecule has 0 spiro atoms. The number of hydrogen-bond acceptors (Lipinski definition) is 5. The Morgan fingerprint density at radius 1 is 1.50 bits per heavy atom. The van der Waals surface area contributed by atoms with Crippen molar-refractivity contribution >= 4 is 31.2 Å². The molecule has 0 heterocycles. The highest BCUT2D eigenvalue weighted by Gasteiger charge is 2.22. The molecule has 12 heavy (non-hydrogen) atoms. The second kappa shape index (κ2) is 6.62. The zero-order valence-electron chi connectivity index (χ0n) is 7.36. The van der Waals surface area contributed by atoms with E-state index in [-0.39, 0.29) is 12.0 Å². The molecular weight excluding hydrogens is 194 g/mol. The number of rotatable bonds is 5. The molecule has 0 saturated carbocycles. The van der Waals surface area contributed by atoms with Gasteiger partial charge in [0.2, 0.25) is 0 Å². The van der Waals surface area contributed by atoms with Gasteiger partial charge in [-0.05, 0) is 6.42 Å². The van der Waals surface area contributed by atoms with Crippen LogP contribution < -0.4 is 0 Å². The fraction of sp³-hybridized carbons (Fsp3) is 0.857. The summed E-state index contributed by atoms with van der Waals surface area (Å²) in [5, 5.41) is 0. The molecule has 0 aromatic carbocycles. The highest BCUT2D eigenvalue weighted by Crippen LogP contribution is 2.07. The highest BCUT2D eigenvalue weighted by molar-refractivity contribution is 7.81. The summed E-state index contributed by atoms with van der Waals surface area (Å²) in [5.41, 5.74) is 0. The van der Waals surface area contributed by atoms with Gasteiger partial charge in [0.25, 0.3) is 0 Å². The molecule has 0 fully saturated rings. The van der Waals surface area contributed by atoms with Crippen LogP contribution in [0.1, 0.15) is 13.3 Å². The van der Waals surface area contributed by atoms with Gasteiger partial charge in [-0.25, -0.2) is 0 Å². The van der Waals surface area contributed by atoms with E-state index in [4.69, 9.17) is 0 Å². The lowest BCUT2D eigenvalue weighted by Crippen LogP contribution is -2.40. The summed E-state index contributed by atoms with van der Waals surface area (Å²) >= 11 is 8.18. The van der Waals surface area contributed by atoms with Crippen LogP contribution >= 0.6 is 25.3 Å². The molecule has 0 amide bonds. The molecule has 1 unspecified atom stereocenters. The number of methoxy groups -OCH3 is 1. The molecule has 1 atom stereocenters. The quantitative estimate of drug-likeness (QED) is 0.402. The second-order valence-corrected chi connectivity index (χ2v) is 2.88. The molecule has 0 aromatic heterocycles. The summed E-state index contributed by atoms with van der Waals surface area (Å²) < 4.78 is 4.64. The summed E-state index contributed by atoms with van der Waals surface area (Å²) in [7, 11) is 1.39. The maximum atomic E-state index is 11.2. The summed E-state index contributed by atoms with van der Waals surface area (Å²) in [6, 6.07) is -0.218. The fourth-order valence-electron chi connectivity index (χ4n) is 0.952. The number of carbonyl (C=O) groups is 1. The summed E-state index contributed by atoms with van der Waals surface area (Å²) in [4.78, 5) is 13.0. The largest absolute Gasteiger partial charge is 0.468 e. The topological polar surface area (TPSA) is 29.5 Å². The zero-order valence-corrected chi connectivity index (χ0v) is 9.15. The number of esters is 1. The van der Waals surface area contributed by atoms with E-state index in [2.05, 4.69) is 30.0 Å². The second-order valence-electron chi connectivity index (χ2n) is 2.32. The van der Waals surface area contributed by atoms with Crippen molar-refractivity contribution < 1.29 is 9.53 Å². The van der Waals surface area contributed by atoms with E-state index in [0.717, 1.165) is 0 Å². The Morgan fingerprint density at radius 3 is 2.25 bits per heavy atom. The van der Waals surface area contributed by atoms with Gasteiger partial charge in [0.05, 0.1) is 7.11 Å². The first-order chi connectivity index (χ1) is 5.71. The van der Waals surface area contributed by atoms with Gasteiger partial charge in [0, 0.05) is 11.8 Å². The van der Waals surface area contributed by atoms with Gasteiger partial charge in [0.15, 0.2) is 0 Å². The average molecular weight is 209 g/mol. The van der Waals surface area contributed by atoms with Crippen LogP contribution in [0.15, 0.2) is 0 Å². The molecular formula is C7H15NO2S2. The van der Waals surface area contributed by atoms with Crippen molar-refractivity contribution in [3.05, 3.63) is 0 Å². The van der Waals surface area contributed by atoms with Gasteiger partial charge in [-0.2, -0.15) is 25.3 Å². The fourth-order valence-corrected chi connectivity index (χ4v) is 1.70. The number of hydrogen-bond donors (Lipinski definition) is 2. The van der Waals surface area contributed by atoms with Crippen LogP contribution in [0.4, 0.5) is 0 Å². The monoisotopic (exact) mass is 209 g/mol. The van der Waals surface area contributed by atoms with Gasteiger partial charge >= 0.3 is 5.97 Å². The maximum absolute atomic E-state index is 11.2. The minimum atomic E-state index is -0.222. The maximum Gasteiger partial charge on any atom is 0.323 e. The van der Waals surface area contributed by atoms with Crippen LogP contribution in [0, 0.1) is 0 Å². The Balaban J connectivity index is 4.19. The molecule has 0 bridgehead atoms. The van der Waals surface area contributed by atoms with Crippen molar-refractivity contribution in [1.29, 1.82) is 0 Å². The smallest absolute Gasteiger partial charge is 0.323 e. The van der Waals surface area contributed by atoms with E-state index in [1.807, 2.05) is 11.8 Å².